The highest BCUT2D eigenvalue weighted by Crippen LogP contribution is 2.29. The Labute approximate surface area is 221 Å². The van der Waals surface area contributed by atoms with Crippen molar-refractivity contribution in [3.63, 3.8) is 0 Å². The van der Waals surface area contributed by atoms with E-state index >= 15 is 0 Å². The molecule has 0 radical (unpaired) electrons. The van der Waals surface area contributed by atoms with Gasteiger partial charge >= 0.3 is 0 Å². The minimum Gasteiger partial charge on any atom is -0.497 e. The van der Waals surface area contributed by atoms with Gasteiger partial charge < -0.3 is 20.3 Å². The number of methoxy groups -OCH3 is 1. The maximum absolute atomic E-state index is 12.9. The van der Waals surface area contributed by atoms with Gasteiger partial charge in [0.15, 0.2) is 0 Å². The Kier molecular flexibility index (Phi) is 7.66. The van der Waals surface area contributed by atoms with Gasteiger partial charge in [-0.25, -0.2) is 9.55 Å². The van der Waals surface area contributed by atoms with Crippen LogP contribution < -0.4 is 20.3 Å². The average Bonchev–Trinajstić information content (AvgIpc) is 3.27. The number of carbonyl (C=O) groups is 2. The summed E-state index contributed by atoms with van der Waals surface area (Å²) in [7, 11) is 1.68. The van der Waals surface area contributed by atoms with Crippen LogP contribution in [-0.2, 0) is 4.79 Å². The van der Waals surface area contributed by atoms with Crippen LogP contribution in [0.3, 0.4) is 0 Å². The number of benzene rings is 2. The minimum absolute atomic E-state index is 0.0403. The van der Waals surface area contributed by atoms with E-state index in [1.807, 2.05) is 36.4 Å². The zero-order valence-corrected chi connectivity index (χ0v) is 21.8. The predicted molar refractivity (Wildman–Crippen MR) is 147 cm³/mol. The van der Waals surface area contributed by atoms with E-state index in [1.54, 1.807) is 7.11 Å². The molecule has 5 rings (SSSR count). The molecule has 3 aromatic rings. The van der Waals surface area contributed by atoms with Gasteiger partial charge in [0, 0.05) is 50.2 Å². The van der Waals surface area contributed by atoms with Gasteiger partial charge in [-0.2, -0.15) is 0 Å². The van der Waals surface area contributed by atoms with Gasteiger partial charge in [-0.1, -0.05) is 12.1 Å². The highest BCUT2D eigenvalue weighted by Gasteiger charge is 2.32. The second kappa shape index (κ2) is 11.3. The summed E-state index contributed by atoms with van der Waals surface area (Å²) in [6.45, 7) is 5.55. The molecule has 2 aliphatic rings. The summed E-state index contributed by atoms with van der Waals surface area (Å²) in [6, 6.07) is 15.3. The molecule has 0 bridgehead atoms. The Morgan fingerprint density at radius 1 is 1.14 bits per heavy atom. The van der Waals surface area contributed by atoms with Gasteiger partial charge in [0.05, 0.1) is 12.6 Å². The number of aromatic nitrogens is 2. The molecule has 2 aromatic carbocycles. The average molecular weight is 521 g/mol. The van der Waals surface area contributed by atoms with Crippen molar-refractivity contribution in [2.24, 2.45) is 0 Å². The van der Waals surface area contributed by atoms with Crippen molar-refractivity contribution in [1.82, 2.24) is 19.8 Å². The van der Waals surface area contributed by atoms with E-state index in [1.165, 1.54) is 10.3 Å². The molecule has 3 heterocycles. The first-order chi connectivity index (χ1) is 18.0. The maximum Gasteiger partial charge on any atom is 0.257 e. The number of rotatable bonds is 9. The first kappa shape index (κ1) is 25.2. The molecule has 194 valence electrons. The number of nitrogens with zero attached hydrogens (tertiary/aromatic N) is 4. The molecule has 2 N–H and O–H groups in total. The summed E-state index contributed by atoms with van der Waals surface area (Å²) in [6.07, 6.45) is 1.58. The Balaban J connectivity index is 1.01. The van der Waals surface area contributed by atoms with Gasteiger partial charge in [0.2, 0.25) is 10.7 Å². The fourth-order valence-corrected chi connectivity index (χ4v) is 5.26. The van der Waals surface area contributed by atoms with E-state index in [2.05, 4.69) is 37.6 Å². The highest BCUT2D eigenvalue weighted by atomic mass is 32.1. The molecule has 1 atom stereocenters. The summed E-state index contributed by atoms with van der Waals surface area (Å²) in [5.74, 6) is 1.34. The minimum atomic E-state index is -0.484. The van der Waals surface area contributed by atoms with Gasteiger partial charge in [-0.15, -0.1) is 0 Å². The lowest BCUT2D eigenvalue weighted by Crippen LogP contribution is -2.47. The van der Waals surface area contributed by atoms with Gasteiger partial charge in [0.1, 0.15) is 17.6 Å². The van der Waals surface area contributed by atoms with Crippen LogP contribution in [0.15, 0.2) is 48.5 Å². The number of anilines is 2. The summed E-state index contributed by atoms with van der Waals surface area (Å²) in [4.78, 5) is 34.5. The molecule has 1 aromatic heterocycles. The van der Waals surface area contributed by atoms with E-state index < -0.39 is 6.04 Å². The zero-order chi connectivity index (χ0) is 25.8. The molecule has 0 unspecified atom stereocenters. The lowest BCUT2D eigenvalue weighted by atomic mass is 10.1. The standard InChI is InChI=1S/C27H32N6O3S/c1-36-20-9-7-19(8-10-20)32-17-15-31(16-18-32)14-4-13-28-24(34)12-11-23-26(35)33-25(29-23)21-5-2-3-6-22(21)30-27(33)37/h2-3,5-10,23,29H,4,11-18H2,1H3,(H,28,34)/t23-/m1/s1. The van der Waals surface area contributed by atoms with Crippen LogP contribution in [0, 0.1) is 4.77 Å². The zero-order valence-electron chi connectivity index (χ0n) is 21.0. The van der Waals surface area contributed by atoms with Crippen LogP contribution in [0.4, 0.5) is 11.5 Å². The normalized spacial score (nSPS) is 17.5. The number of carbonyl (C=O) groups excluding carboxylic acids is 2. The molecule has 0 saturated carbocycles. The van der Waals surface area contributed by atoms with Crippen molar-refractivity contribution in [3.8, 4) is 5.75 Å². The van der Waals surface area contributed by atoms with E-state index in [9.17, 15) is 9.59 Å². The third-order valence-electron chi connectivity index (χ3n) is 7.06. The van der Waals surface area contributed by atoms with Gasteiger partial charge in [-0.05, 0) is 68.0 Å². The molecule has 1 saturated heterocycles. The quantitative estimate of drug-likeness (QED) is 0.328. The van der Waals surface area contributed by atoms with Crippen molar-refractivity contribution < 1.29 is 14.3 Å². The molecule has 9 nitrogen and oxygen atoms in total. The second-order valence-electron chi connectivity index (χ2n) is 9.40. The second-order valence-corrected chi connectivity index (χ2v) is 9.76. The van der Waals surface area contributed by atoms with Crippen LogP contribution in [0.1, 0.15) is 24.1 Å². The van der Waals surface area contributed by atoms with E-state index in [0.717, 1.165) is 55.8 Å². The third-order valence-corrected chi connectivity index (χ3v) is 7.34. The number of fused-ring (bicyclic) bond motifs is 3. The Morgan fingerprint density at radius 2 is 1.89 bits per heavy atom. The molecule has 1 amide bonds. The maximum atomic E-state index is 12.9. The fourth-order valence-electron chi connectivity index (χ4n) is 4.98. The number of piperazine rings is 1. The molecular weight excluding hydrogens is 488 g/mol. The summed E-state index contributed by atoms with van der Waals surface area (Å²) in [5.41, 5.74) is 1.97. The summed E-state index contributed by atoms with van der Waals surface area (Å²) in [5, 5.41) is 7.11. The highest BCUT2D eigenvalue weighted by molar-refractivity contribution is 7.71. The number of amides is 1. The molecule has 2 aliphatic heterocycles. The molecule has 10 heteroatoms. The lowest BCUT2D eigenvalue weighted by Gasteiger charge is -2.36. The van der Waals surface area contributed by atoms with E-state index in [4.69, 9.17) is 17.0 Å². The molecule has 0 spiro atoms. The Bertz CT molecular complexity index is 1330. The third kappa shape index (κ3) is 5.60. The number of hydrogen-bond donors (Lipinski definition) is 2. The number of hydrogen-bond acceptors (Lipinski definition) is 8. The van der Waals surface area contributed by atoms with Crippen molar-refractivity contribution in [2.75, 3.05) is 56.6 Å². The van der Waals surface area contributed by atoms with Crippen LogP contribution in [0.2, 0.25) is 0 Å². The molecule has 37 heavy (non-hydrogen) atoms. The fraction of sp³-hybridized carbons (Fsp3) is 0.407. The van der Waals surface area contributed by atoms with Crippen molar-refractivity contribution in [1.29, 1.82) is 0 Å². The van der Waals surface area contributed by atoms with Gasteiger partial charge in [0.25, 0.3) is 5.91 Å². The SMILES string of the molecule is COc1ccc(N2CCN(CCCNC(=O)CC[C@H]3Nc4c5ccccc5nc(=S)n4C3=O)CC2)cc1. The van der Waals surface area contributed by atoms with Crippen molar-refractivity contribution in [3.05, 3.63) is 53.3 Å². The van der Waals surface area contributed by atoms with Crippen LogP contribution in [-0.4, -0.2) is 78.7 Å². The molecule has 1 fully saturated rings. The summed E-state index contributed by atoms with van der Waals surface area (Å²) < 4.78 is 6.93. The lowest BCUT2D eigenvalue weighted by molar-refractivity contribution is -0.121. The van der Waals surface area contributed by atoms with E-state index in [-0.39, 0.29) is 23.0 Å². The number of nitrogens with one attached hydrogen (secondary N) is 2. The number of para-hydroxylation sites is 1. The Hall–Kier alpha value is -3.50. The van der Waals surface area contributed by atoms with Crippen LogP contribution >= 0.6 is 12.2 Å². The van der Waals surface area contributed by atoms with Crippen molar-refractivity contribution in [2.45, 2.75) is 25.3 Å². The Morgan fingerprint density at radius 3 is 2.65 bits per heavy atom. The molecule has 0 aliphatic carbocycles. The van der Waals surface area contributed by atoms with Crippen LogP contribution in [0.5, 0.6) is 5.75 Å². The first-order valence-electron chi connectivity index (χ1n) is 12.7. The van der Waals surface area contributed by atoms with E-state index in [0.29, 0.717) is 18.8 Å². The smallest absolute Gasteiger partial charge is 0.257 e. The predicted octanol–water partition coefficient (Wildman–Crippen LogP) is 3.32. The van der Waals surface area contributed by atoms with Crippen LogP contribution in [0.25, 0.3) is 10.9 Å². The monoisotopic (exact) mass is 520 g/mol. The topological polar surface area (TPSA) is 91.7 Å². The number of ether oxygens (including phenoxy) is 1. The van der Waals surface area contributed by atoms with Gasteiger partial charge in [-0.3, -0.25) is 14.5 Å². The van der Waals surface area contributed by atoms with Crippen molar-refractivity contribution >= 4 is 46.4 Å². The largest absolute Gasteiger partial charge is 0.497 e. The summed E-state index contributed by atoms with van der Waals surface area (Å²) >= 11 is 5.34. The first-order valence-corrected chi connectivity index (χ1v) is 13.1. The molecular formula is C27H32N6O3S.